The number of ether oxygens (including phenoxy) is 1. The highest BCUT2D eigenvalue weighted by molar-refractivity contribution is 5.83. The largest absolute Gasteiger partial charge is 0.469 e. The number of amides is 1. The lowest BCUT2D eigenvalue weighted by molar-refractivity contribution is -0.121. The minimum Gasteiger partial charge on any atom is -0.469 e. The molecule has 1 aromatic heterocycles. The normalized spacial score (nSPS) is 16.7. The van der Waals surface area contributed by atoms with Gasteiger partial charge in [-0.25, -0.2) is 13.8 Å². The van der Waals surface area contributed by atoms with Crippen LogP contribution in [-0.4, -0.2) is 48.0 Å². The number of hydrogen-bond acceptors (Lipinski definition) is 5. The molecular weight excluding hydrogens is 445 g/mol. The number of rotatable bonds is 10. The van der Waals surface area contributed by atoms with Crippen molar-refractivity contribution in [3.8, 4) is 18.2 Å². The molecule has 1 aliphatic heterocycles. The van der Waals surface area contributed by atoms with Gasteiger partial charge >= 0.3 is 0 Å². The Kier molecular flexibility index (Phi) is 8.37. The maximum absolute atomic E-state index is 14.7. The Morgan fingerprint density at radius 3 is 2.76 bits per heavy atom. The van der Waals surface area contributed by atoms with E-state index in [1.165, 1.54) is 0 Å². The van der Waals surface area contributed by atoms with Gasteiger partial charge in [-0.05, 0) is 43.2 Å². The van der Waals surface area contributed by atoms with Crippen molar-refractivity contribution < 1.29 is 22.7 Å². The van der Waals surface area contributed by atoms with Crippen molar-refractivity contribution in [3.63, 3.8) is 0 Å². The van der Waals surface area contributed by atoms with Crippen molar-refractivity contribution in [2.24, 2.45) is 5.92 Å². The first-order valence-corrected chi connectivity index (χ1v) is 11.2. The third-order valence-electron chi connectivity index (χ3n) is 5.87. The number of aromatic nitrogens is 2. The fourth-order valence-electron chi connectivity index (χ4n) is 3.91. The Morgan fingerprint density at radius 2 is 2.09 bits per heavy atom. The number of nitrogens with one attached hydrogen (secondary N) is 1. The summed E-state index contributed by atoms with van der Waals surface area (Å²) in [5.74, 6) is -1.94. The van der Waals surface area contributed by atoms with Gasteiger partial charge in [0.05, 0.1) is 12.5 Å². The SMILES string of the molecule is C#CCNC(=O)C(C)c1ccc(CC[C@@H]2CCN(c3ncnc(OCC(C)(F)F)c3F)C2)cc1. The first-order valence-electron chi connectivity index (χ1n) is 11.2. The zero-order valence-corrected chi connectivity index (χ0v) is 19.4. The summed E-state index contributed by atoms with van der Waals surface area (Å²) in [5, 5.41) is 2.69. The molecule has 9 heteroatoms. The predicted molar refractivity (Wildman–Crippen MR) is 123 cm³/mol. The van der Waals surface area contributed by atoms with Gasteiger partial charge in [-0.2, -0.15) is 9.37 Å². The van der Waals surface area contributed by atoms with Crippen LogP contribution in [0.2, 0.25) is 0 Å². The lowest BCUT2D eigenvalue weighted by atomic mass is 9.95. The highest BCUT2D eigenvalue weighted by atomic mass is 19.3. The van der Waals surface area contributed by atoms with E-state index in [0.29, 0.717) is 25.9 Å². The summed E-state index contributed by atoms with van der Waals surface area (Å²) in [4.78, 5) is 21.5. The Balaban J connectivity index is 1.52. The number of alkyl halides is 2. The molecule has 0 radical (unpaired) electrons. The minimum absolute atomic E-state index is 0.0772. The number of hydrogen-bond donors (Lipinski definition) is 1. The van der Waals surface area contributed by atoms with Crippen molar-refractivity contribution >= 4 is 11.7 Å². The van der Waals surface area contributed by atoms with E-state index in [4.69, 9.17) is 11.2 Å². The molecule has 2 atom stereocenters. The summed E-state index contributed by atoms with van der Waals surface area (Å²) in [7, 11) is 0. The average Bonchev–Trinajstić information content (AvgIpc) is 3.28. The number of halogens is 3. The van der Waals surface area contributed by atoms with Crippen LogP contribution in [-0.2, 0) is 11.2 Å². The van der Waals surface area contributed by atoms with Crippen LogP contribution in [0.15, 0.2) is 30.6 Å². The van der Waals surface area contributed by atoms with E-state index in [-0.39, 0.29) is 24.2 Å². The predicted octanol–water partition coefficient (Wildman–Crippen LogP) is 3.96. The first-order chi connectivity index (χ1) is 16.2. The number of anilines is 1. The number of carbonyl (C=O) groups is 1. The quantitative estimate of drug-likeness (QED) is 0.528. The van der Waals surface area contributed by atoms with Crippen molar-refractivity contribution in [3.05, 3.63) is 47.5 Å². The summed E-state index contributed by atoms with van der Waals surface area (Å²) >= 11 is 0. The molecule has 1 aliphatic rings. The molecule has 3 rings (SSSR count). The van der Waals surface area contributed by atoms with Gasteiger partial charge in [-0.3, -0.25) is 4.79 Å². The second kappa shape index (κ2) is 11.2. The van der Waals surface area contributed by atoms with Gasteiger partial charge in [0, 0.05) is 20.0 Å². The third-order valence-corrected chi connectivity index (χ3v) is 5.87. The van der Waals surface area contributed by atoms with Crippen molar-refractivity contribution in [2.75, 3.05) is 31.1 Å². The highest BCUT2D eigenvalue weighted by Gasteiger charge is 2.29. The highest BCUT2D eigenvalue weighted by Crippen LogP contribution is 2.30. The molecule has 6 nitrogen and oxygen atoms in total. The topological polar surface area (TPSA) is 67.4 Å². The molecule has 1 N–H and O–H groups in total. The molecule has 1 amide bonds. The van der Waals surface area contributed by atoms with Gasteiger partial charge in [0.2, 0.25) is 11.7 Å². The van der Waals surface area contributed by atoms with E-state index < -0.39 is 24.2 Å². The van der Waals surface area contributed by atoms with Gasteiger partial charge < -0.3 is 15.0 Å². The minimum atomic E-state index is -3.08. The molecule has 0 bridgehead atoms. The Labute approximate surface area is 197 Å². The van der Waals surface area contributed by atoms with E-state index in [1.54, 1.807) is 4.90 Å². The van der Waals surface area contributed by atoms with Gasteiger partial charge in [0.1, 0.15) is 6.33 Å². The van der Waals surface area contributed by atoms with E-state index in [2.05, 4.69) is 21.2 Å². The van der Waals surface area contributed by atoms with Crippen LogP contribution in [0.25, 0.3) is 0 Å². The molecule has 1 unspecified atom stereocenters. The van der Waals surface area contributed by atoms with Crippen molar-refractivity contribution in [1.29, 1.82) is 0 Å². The zero-order chi connectivity index (χ0) is 24.7. The third kappa shape index (κ3) is 6.86. The summed E-state index contributed by atoms with van der Waals surface area (Å²) in [6.07, 6.45) is 8.94. The van der Waals surface area contributed by atoms with E-state index in [1.807, 2.05) is 31.2 Å². The number of nitrogens with zero attached hydrogens (tertiary/aromatic N) is 3. The second-order valence-electron chi connectivity index (χ2n) is 8.70. The summed E-state index contributed by atoms with van der Waals surface area (Å²) in [6, 6.07) is 7.94. The molecule has 1 aromatic carbocycles. The van der Waals surface area contributed by atoms with Gasteiger partial charge in [0.25, 0.3) is 11.8 Å². The van der Waals surface area contributed by atoms with Gasteiger partial charge in [-0.1, -0.05) is 30.2 Å². The molecule has 182 valence electrons. The molecule has 0 spiro atoms. The monoisotopic (exact) mass is 474 g/mol. The molecular formula is C25H29F3N4O2. The summed E-state index contributed by atoms with van der Waals surface area (Å²) in [5.41, 5.74) is 2.08. The van der Waals surface area contributed by atoms with Crippen LogP contribution in [0.3, 0.4) is 0 Å². The van der Waals surface area contributed by atoms with Gasteiger partial charge in [0.15, 0.2) is 12.4 Å². The number of aryl methyl sites for hydroxylation is 1. The first kappa shape index (κ1) is 25.3. The summed E-state index contributed by atoms with van der Waals surface area (Å²) < 4.78 is 45.7. The molecule has 0 saturated carbocycles. The van der Waals surface area contributed by atoms with Crippen LogP contribution in [0, 0.1) is 24.1 Å². The molecule has 34 heavy (non-hydrogen) atoms. The smallest absolute Gasteiger partial charge is 0.278 e. The van der Waals surface area contributed by atoms with Crippen LogP contribution < -0.4 is 15.0 Å². The summed E-state index contributed by atoms with van der Waals surface area (Å²) in [6.45, 7) is 3.03. The lowest BCUT2D eigenvalue weighted by Crippen LogP contribution is -2.28. The van der Waals surface area contributed by atoms with Crippen LogP contribution >= 0.6 is 0 Å². The molecule has 1 fully saturated rings. The van der Waals surface area contributed by atoms with E-state index in [0.717, 1.165) is 36.7 Å². The lowest BCUT2D eigenvalue weighted by Gasteiger charge is -2.19. The Bertz CT molecular complexity index is 1020. The molecule has 0 aliphatic carbocycles. The van der Waals surface area contributed by atoms with Crippen LogP contribution in [0.1, 0.15) is 43.7 Å². The van der Waals surface area contributed by atoms with Crippen LogP contribution in [0.4, 0.5) is 19.0 Å². The number of carbonyl (C=O) groups excluding carboxylic acids is 1. The maximum atomic E-state index is 14.7. The standard InChI is InChI=1S/C25H29F3N4O2/c1-4-12-29-23(33)17(2)20-9-7-18(8-10-20)5-6-19-11-13-32(14-19)22-21(26)24(31-16-30-22)34-15-25(3,27)28/h1,7-10,16-17,19H,5-6,11-15H2,2-3H3,(H,29,33)/t17?,19-/m1/s1. The van der Waals surface area contributed by atoms with E-state index >= 15 is 0 Å². The van der Waals surface area contributed by atoms with E-state index in [9.17, 15) is 18.0 Å². The number of benzene rings is 1. The fourth-order valence-corrected chi connectivity index (χ4v) is 3.91. The molecule has 2 aromatic rings. The molecule has 2 heterocycles. The van der Waals surface area contributed by atoms with Crippen molar-refractivity contribution in [2.45, 2.75) is 45.0 Å². The number of terminal acetylenes is 1. The van der Waals surface area contributed by atoms with Crippen molar-refractivity contribution in [1.82, 2.24) is 15.3 Å². The Hall–Kier alpha value is -3.28. The maximum Gasteiger partial charge on any atom is 0.278 e. The van der Waals surface area contributed by atoms with Crippen LogP contribution in [0.5, 0.6) is 5.88 Å². The zero-order valence-electron chi connectivity index (χ0n) is 19.4. The Morgan fingerprint density at radius 1 is 1.35 bits per heavy atom. The average molecular weight is 475 g/mol. The second-order valence-corrected chi connectivity index (χ2v) is 8.70. The van der Waals surface area contributed by atoms with Gasteiger partial charge in [-0.15, -0.1) is 6.42 Å². The fraction of sp³-hybridized carbons (Fsp3) is 0.480. The molecule has 1 saturated heterocycles.